The fourth-order valence-corrected chi connectivity index (χ4v) is 2.16. The van der Waals surface area contributed by atoms with Crippen LogP contribution in [0, 0.1) is 42.4 Å². The molecule has 5 heteroatoms. The molecule has 0 unspecified atom stereocenters. The van der Waals surface area contributed by atoms with Gasteiger partial charge in [-0.3, -0.25) is 0 Å². The summed E-state index contributed by atoms with van der Waals surface area (Å²) in [6.07, 6.45) is 0.642. The van der Waals surface area contributed by atoms with Crippen LogP contribution in [0.5, 0.6) is 0 Å². The van der Waals surface area contributed by atoms with Gasteiger partial charge in [-0.05, 0) is 44.4 Å². The van der Waals surface area contributed by atoms with E-state index in [1.807, 2.05) is 26.0 Å². The summed E-state index contributed by atoms with van der Waals surface area (Å²) in [5, 5.41) is 17.8. The Kier molecular flexibility index (Phi) is 5.95. The van der Waals surface area contributed by atoms with Crippen LogP contribution in [0.1, 0.15) is 37.7 Å². The number of nitriles is 2. The summed E-state index contributed by atoms with van der Waals surface area (Å²) >= 11 is 0. The number of rotatable bonds is 5. The van der Waals surface area contributed by atoms with E-state index >= 15 is 0 Å². The molecule has 0 saturated carbocycles. The molecule has 1 atom stereocenters. The number of carbonyl (C=O) groups is 1. The molecule has 22 heavy (non-hydrogen) atoms. The highest BCUT2D eigenvalue weighted by atomic mass is 16.5. The molecule has 0 bridgehead atoms. The summed E-state index contributed by atoms with van der Waals surface area (Å²) in [7, 11) is 0. The van der Waals surface area contributed by atoms with Crippen molar-refractivity contribution in [1.82, 2.24) is 4.57 Å². The molecular weight excluding hydrogens is 278 g/mol. The number of esters is 1. The number of ether oxygens (including phenoxy) is 1. The maximum absolute atomic E-state index is 11.9. The predicted octanol–water partition coefficient (Wildman–Crippen LogP) is 3.12. The zero-order valence-corrected chi connectivity index (χ0v) is 13.7. The van der Waals surface area contributed by atoms with Crippen LogP contribution in [-0.2, 0) is 16.1 Å². The van der Waals surface area contributed by atoms with E-state index in [9.17, 15) is 4.79 Å². The smallest absolute Gasteiger partial charge is 0.350 e. The first kappa shape index (κ1) is 17.5. The molecule has 0 spiro atoms. The van der Waals surface area contributed by atoms with Crippen molar-refractivity contribution in [3.8, 4) is 12.1 Å². The largest absolute Gasteiger partial charge is 0.443 e. The SMILES string of the molecule is Cc1cc(/C=C(\C#N)C(=O)O[C@H](C)C#N)c(C)n1CC(C)C. The molecule has 1 rings (SSSR count). The summed E-state index contributed by atoms with van der Waals surface area (Å²) in [5.41, 5.74) is 2.79. The molecule has 116 valence electrons. The maximum Gasteiger partial charge on any atom is 0.350 e. The third-order valence-electron chi connectivity index (χ3n) is 3.27. The minimum Gasteiger partial charge on any atom is -0.443 e. The van der Waals surface area contributed by atoms with E-state index in [1.165, 1.54) is 13.0 Å². The van der Waals surface area contributed by atoms with Crippen LogP contribution in [0.4, 0.5) is 0 Å². The summed E-state index contributed by atoms with van der Waals surface area (Å²) in [6.45, 7) is 10.6. The van der Waals surface area contributed by atoms with Gasteiger partial charge in [-0.1, -0.05) is 13.8 Å². The topological polar surface area (TPSA) is 78.8 Å². The number of hydrogen-bond acceptors (Lipinski definition) is 4. The Bertz CT molecular complexity index is 669. The highest BCUT2D eigenvalue weighted by molar-refractivity contribution is 5.98. The first-order chi connectivity index (χ1) is 10.3. The van der Waals surface area contributed by atoms with Crippen LogP contribution in [0.25, 0.3) is 6.08 Å². The van der Waals surface area contributed by atoms with Crippen LogP contribution < -0.4 is 0 Å². The lowest BCUT2D eigenvalue weighted by molar-refractivity contribution is -0.140. The van der Waals surface area contributed by atoms with E-state index in [4.69, 9.17) is 15.3 Å². The Hall–Kier alpha value is -2.53. The normalized spacial score (nSPS) is 12.6. The standard InChI is InChI=1S/C17H21N3O2/c1-11(2)10-20-12(3)6-15(14(20)5)7-16(9-19)17(21)22-13(4)8-18/h6-7,11,13H,10H2,1-5H3/b16-7+/t13-/m1/s1. The van der Waals surface area contributed by atoms with Gasteiger partial charge in [0.15, 0.2) is 6.10 Å². The minimum absolute atomic E-state index is 0.105. The van der Waals surface area contributed by atoms with Gasteiger partial charge < -0.3 is 9.30 Å². The van der Waals surface area contributed by atoms with Crippen molar-refractivity contribution in [2.45, 2.75) is 47.3 Å². The predicted molar refractivity (Wildman–Crippen MR) is 83.5 cm³/mol. The lowest BCUT2D eigenvalue weighted by Gasteiger charge is -2.12. The van der Waals surface area contributed by atoms with Crippen molar-refractivity contribution in [1.29, 1.82) is 10.5 Å². The molecule has 1 aromatic heterocycles. The summed E-state index contributed by atoms with van der Waals surface area (Å²) in [5.74, 6) is -0.274. The molecule has 0 aliphatic heterocycles. The van der Waals surface area contributed by atoms with Gasteiger partial charge in [0.1, 0.15) is 17.7 Å². The third kappa shape index (κ3) is 4.23. The number of nitrogens with zero attached hydrogens (tertiary/aromatic N) is 3. The lowest BCUT2D eigenvalue weighted by Crippen LogP contribution is -2.14. The Morgan fingerprint density at radius 1 is 1.36 bits per heavy atom. The van der Waals surface area contributed by atoms with E-state index in [2.05, 4.69) is 18.4 Å². The van der Waals surface area contributed by atoms with E-state index in [1.54, 1.807) is 6.07 Å². The molecule has 0 N–H and O–H groups in total. The van der Waals surface area contributed by atoms with Crippen molar-refractivity contribution < 1.29 is 9.53 Å². The Morgan fingerprint density at radius 2 is 2.00 bits per heavy atom. The molecule has 0 radical (unpaired) electrons. The molecule has 0 amide bonds. The average molecular weight is 299 g/mol. The first-order valence-electron chi connectivity index (χ1n) is 7.19. The summed E-state index contributed by atoms with van der Waals surface area (Å²) < 4.78 is 7.03. The van der Waals surface area contributed by atoms with Crippen molar-refractivity contribution >= 4 is 12.0 Å². The lowest BCUT2D eigenvalue weighted by atomic mass is 10.1. The molecule has 0 fully saturated rings. The second-order valence-corrected chi connectivity index (χ2v) is 5.68. The summed E-state index contributed by atoms with van der Waals surface area (Å²) in [4.78, 5) is 11.9. The van der Waals surface area contributed by atoms with E-state index in [0.29, 0.717) is 5.92 Å². The fourth-order valence-electron chi connectivity index (χ4n) is 2.16. The minimum atomic E-state index is -0.877. The van der Waals surface area contributed by atoms with Gasteiger partial charge in [0.05, 0.1) is 0 Å². The zero-order valence-electron chi connectivity index (χ0n) is 13.7. The first-order valence-corrected chi connectivity index (χ1v) is 7.19. The van der Waals surface area contributed by atoms with E-state index in [-0.39, 0.29) is 5.57 Å². The molecule has 0 aliphatic carbocycles. The number of aryl methyl sites for hydroxylation is 1. The molecule has 0 aliphatic rings. The van der Waals surface area contributed by atoms with Gasteiger partial charge in [0.2, 0.25) is 0 Å². The quantitative estimate of drug-likeness (QED) is 0.475. The van der Waals surface area contributed by atoms with Crippen LogP contribution in [0.2, 0.25) is 0 Å². The number of aromatic nitrogens is 1. The van der Waals surface area contributed by atoms with Gasteiger partial charge >= 0.3 is 5.97 Å². The average Bonchev–Trinajstić information content (AvgIpc) is 2.71. The van der Waals surface area contributed by atoms with Crippen LogP contribution in [0.15, 0.2) is 11.6 Å². The van der Waals surface area contributed by atoms with Crippen LogP contribution in [0.3, 0.4) is 0 Å². The van der Waals surface area contributed by atoms with Crippen molar-refractivity contribution in [2.75, 3.05) is 0 Å². The van der Waals surface area contributed by atoms with Crippen LogP contribution >= 0.6 is 0 Å². The van der Waals surface area contributed by atoms with Gasteiger partial charge in [-0.15, -0.1) is 0 Å². The van der Waals surface area contributed by atoms with Crippen molar-refractivity contribution in [3.63, 3.8) is 0 Å². The van der Waals surface area contributed by atoms with Crippen molar-refractivity contribution in [3.05, 3.63) is 28.6 Å². The van der Waals surface area contributed by atoms with Crippen LogP contribution in [-0.4, -0.2) is 16.6 Å². The Balaban J connectivity index is 3.12. The molecular formula is C17H21N3O2. The monoisotopic (exact) mass is 299 g/mol. The third-order valence-corrected chi connectivity index (χ3v) is 3.27. The Labute approximate surface area is 131 Å². The van der Waals surface area contributed by atoms with Gasteiger partial charge in [0.25, 0.3) is 0 Å². The second kappa shape index (κ2) is 7.47. The van der Waals surface area contributed by atoms with Crippen molar-refractivity contribution in [2.24, 2.45) is 5.92 Å². The maximum atomic E-state index is 11.9. The molecule has 1 aromatic rings. The summed E-state index contributed by atoms with van der Waals surface area (Å²) in [6, 6.07) is 5.59. The Morgan fingerprint density at radius 3 is 2.50 bits per heavy atom. The van der Waals surface area contributed by atoms with Gasteiger partial charge in [-0.25, -0.2) is 4.79 Å². The van der Waals surface area contributed by atoms with Gasteiger partial charge in [-0.2, -0.15) is 10.5 Å². The molecule has 0 saturated heterocycles. The second-order valence-electron chi connectivity index (χ2n) is 5.68. The van der Waals surface area contributed by atoms with Gasteiger partial charge in [0, 0.05) is 17.9 Å². The molecule has 5 nitrogen and oxygen atoms in total. The number of carbonyl (C=O) groups excluding carboxylic acids is 1. The highest BCUT2D eigenvalue weighted by Gasteiger charge is 2.16. The van der Waals surface area contributed by atoms with E-state index in [0.717, 1.165) is 23.5 Å². The zero-order chi connectivity index (χ0) is 16.9. The van der Waals surface area contributed by atoms with E-state index < -0.39 is 12.1 Å². The fraction of sp³-hybridized carbons (Fsp3) is 0.471. The molecule has 0 aromatic carbocycles. The molecule has 1 heterocycles. The highest BCUT2D eigenvalue weighted by Crippen LogP contribution is 2.20. The number of hydrogen-bond donors (Lipinski definition) is 0.